The Labute approximate surface area is 164 Å². The third kappa shape index (κ3) is 2.90. The van der Waals surface area contributed by atoms with Gasteiger partial charge in [-0.3, -0.25) is 4.79 Å². The predicted molar refractivity (Wildman–Crippen MR) is 105 cm³/mol. The molecule has 4 rings (SSSR count). The van der Waals surface area contributed by atoms with Crippen LogP contribution in [0.4, 0.5) is 11.5 Å². The number of hydrogen-bond acceptors (Lipinski definition) is 5. The maximum absolute atomic E-state index is 12.5. The van der Waals surface area contributed by atoms with Crippen LogP contribution in [0.1, 0.15) is 21.6 Å². The van der Waals surface area contributed by atoms with E-state index in [1.165, 1.54) is 0 Å². The van der Waals surface area contributed by atoms with Crippen molar-refractivity contribution in [1.29, 1.82) is 0 Å². The SMILES string of the molecule is CSc1nn2c(Nc3cc(Cl)cc(Cl)c3)c3c(nc2c1C)CCNC3=O. The van der Waals surface area contributed by atoms with Crippen molar-refractivity contribution in [2.75, 3.05) is 18.1 Å². The maximum atomic E-state index is 12.5. The number of anilines is 2. The first-order valence-electron chi connectivity index (χ1n) is 7.95. The normalized spacial score (nSPS) is 13.6. The molecule has 0 spiro atoms. The summed E-state index contributed by atoms with van der Waals surface area (Å²) in [6.45, 7) is 2.55. The number of amides is 1. The number of carbonyl (C=O) groups is 1. The molecule has 26 heavy (non-hydrogen) atoms. The van der Waals surface area contributed by atoms with Gasteiger partial charge < -0.3 is 10.6 Å². The molecule has 0 fully saturated rings. The number of thioether (sulfide) groups is 1. The fraction of sp³-hybridized carbons (Fsp3) is 0.235. The number of benzene rings is 1. The van der Waals surface area contributed by atoms with E-state index in [2.05, 4.69) is 15.7 Å². The molecule has 1 aliphatic rings. The minimum Gasteiger partial charge on any atom is -0.351 e. The number of halogens is 2. The van der Waals surface area contributed by atoms with Crippen LogP contribution in [0.15, 0.2) is 23.2 Å². The highest BCUT2D eigenvalue weighted by Crippen LogP contribution is 2.32. The standard InChI is InChI=1S/C17H15Cl2N5OS/c1-8-14-22-12-3-4-20-16(25)13(12)15(24(14)23-17(8)26-2)21-11-6-9(18)5-10(19)7-11/h5-7,21H,3-4H2,1-2H3,(H,20,25). The van der Waals surface area contributed by atoms with Gasteiger partial charge in [-0.15, -0.1) is 11.8 Å². The zero-order valence-corrected chi connectivity index (χ0v) is 16.4. The average molecular weight is 408 g/mol. The quantitative estimate of drug-likeness (QED) is 0.639. The molecule has 0 bridgehead atoms. The van der Waals surface area contributed by atoms with Crippen LogP contribution in [0.5, 0.6) is 0 Å². The summed E-state index contributed by atoms with van der Waals surface area (Å²) in [6, 6.07) is 5.15. The van der Waals surface area contributed by atoms with Crippen molar-refractivity contribution < 1.29 is 4.79 Å². The minimum absolute atomic E-state index is 0.171. The van der Waals surface area contributed by atoms with Crippen molar-refractivity contribution in [2.45, 2.75) is 18.4 Å². The Hall–Kier alpha value is -1.96. The van der Waals surface area contributed by atoms with Crippen molar-refractivity contribution in [2.24, 2.45) is 0 Å². The van der Waals surface area contributed by atoms with E-state index in [4.69, 9.17) is 28.2 Å². The zero-order chi connectivity index (χ0) is 18.4. The van der Waals surface area contributed by atoms with Crippen molar-refractivity contribution >= 4 is 58.0 Å². The van der Waals surface area contributed by atoms with Crippen LogP contribution in [-0.2, 0) is 6.42 Å². The molecule has 1 amide bonds. The Kier molecular flexibility index (Phi) is 4.46. The number of fused-ring (bicyclic) bond motifs is 2. The number of carbonyl (C=O) groups excluding carboxylic acids is 1. The van der Waals surface area contributed by atoms with Gasteiger partial charge in [0.05, 0.1) is 5.69 Å². The van der Waals surface area contributed by atoms with Gasteiger partial charge in [0, 0.05) is 34.3 Å². The molecular formula is C17H15Cl2N5OS. The third-order valence-corrected chi connectivity index (χ3v) is 5.43. The van der Waals surface area contributed by atoms with Gasteiger partial charge in [-0.05, 0) is 31.4 Å². The number of hydrogen-bond donors (Lipinski definition) is 2. The monoisotopic (exact) mass is 407 g/mol. The fourth-order valence-corrected chi connectivity index (χ4v) is 4.14. The summed E-state index contributed by atoms with van der Waals surface area (Å²) in [4.78, 5) is 17.3. The Bertz CT molecular complexity index is 1030. The second-order valence-electron chi connectivity index (χ2n) is 5.94. The maximum Gasteiger partial charge on any atom is 0.256 e. The number of aromatic nitrogens is 3. The summed E-state index contributed by atoms with van der Waals surface area (Å²) in [5.74, 6) is 0.388. The first kappa shape index (κ1) is 17.5. The van der Waals surface area contributed by atoms with Gasteiger partial charge in [0.1, 0.15) is 16.4 Å². The van der Waals surface area contributed by atoms with Gasteiger partial charge in [-0.2, -0.15) is 9.61 Å². The third-order valence-electron chi connectivity index (χ3n) is 4.22. The first-order valence-corrected chi connectivity index (χ1v) is 9.93. The van der Waals surface area contributed by atoms with Crippen LogP contribution in [0, 0.1) is 6.92 Å². The molecule has 1 aliphatic heterocycles. The van der Waals surface area contributed by atoms with Gasteiger partial charge in [0.2, 0.25) is 0 Å². The molecule has 2 aromatic heterocycles. The second-order valence-corrected chi connectivity index (χ2v) is 7.61. The van der Waals surface area contributed by atoms with Crippen LogP contribution in [0.2, 0.25) is 10.0 Å². The van der Waals surface area contributed by atoms with Gasteiger partial charge in [0.25, 0.3) is 5.91 Å². The number of rotatable bonds is 3. The molecule has 3 aromatic rings. The van der Waals surface area contributed by atoms with Crippen LogP contribution in [-0.4, -0.2) is 33.3 Å². The topological polar surface area (TPSA) is 71.3 Å². The largest absolute Gasteiger partial charge is 0.351 e. The van der Waals surface area contributed by atoms with Crippen LogP contribution >= 0.6 is 35.0 Å². The summed E-state index contributed by atoms with van der Waals surface area (Å²) in [7, 11) is 0. The lowest BCUT2D eigenvalue weighted by molar-refractivity contribution is 0.0945. The minimum atomic E-state index is -0.171. The highest BCUT2D eigenvalue weighted by molar-refractivity contribution is 7.98. The molecule has 6 nitrogen and oxygen atoms in total. The molecule has 0 saturated carbocycles. The van der Waals surface area contributed by atoms with E-state index in [1.807, 2.05) is 13.2 Å². The molecule has 0 atom stereocenters. The van der Waals surface area contributed by atoms with Crippen molar-refractivity contribution in [3.05, 3.63) is 45.1 Å². The van der Waals surface area contributed by atoms with Gasteiger partial charge in [0.15, 0.2) is 5.65 Å². The summed E-state index contributed by atoms with van der Waals surface area (Å²) < 4.78 is 1.68. The van der Waals surface area contributed by atoms with Crippen LogP contribution < -0.4 is 10.6 Å². The molecule has 1 aromatic carbocycles. The van der Waals surface area contributed by atoms with Gasteiger partial charge >= 0.3 is 0 Å². The lowest BCUT2D eigenvalue weighted by Gasteiger charge is -2.20. The molecule has 2 N–H and O–H groups in total. The molecule has 3 heterocycles. The molecule has 0 saturated heterocycles. The summed E-state index contributed by atoms with van der Waals surface area (Å²) in [6.07, 6.45) is 2.63. The molecular weight excluding hydrogens is 393 g/mol. The van der Waals surface area contributed by atoms with E-state index in [0.717, 1.165) is 21.9 Å². The predicted octanol–water partition coefficient (Wildman–Crippen LogP) is 4.10. The van der Waals surface area contributed by atoms with E-state index >= 15 is 0 Å². The molecule has 9 heteroatoms. The lowest BCUT2D eigenvalue weighted by atomic mass is 10.1. The van der Waals surface area contributed by atoms with Crippen LogP contribution in [0.3, 0.4) is 0 Å². The average Bonchev–Trinajstić information content (AvgIpc) is 2.90. The van der Waals surface area contributed by atoms with E-state index < -0.39 is 0 Å². The summed E-state index contributed by atoms with van der Waals surface area (Å²) >= 11 is 13.8. The van der Waals surface area contributed by atoms with Crippen molar-refractivity contribution in [3.63, 3.8) is 0 Å². The fourth-order valence-electron chi connectivity index (χ4n) is 3.06. The first-order chi connectivity index (χ1) is 12.5. The zero-order valence-electron chi connectivity index (χ0n) is 14.1. The van der Waals surface area contributed by atoms with E-state index in [9.17, 15) is 4.79 Å². The smallest absolute Gasteiger partial charge is 0.256 e. The Balaban J connectivity index is 1.98. The number of nitrogens with zero attached hydrogens (tertiary/aromatic N) is 3. The van der Waals surface area contributed by atoms with Crippen molar-refractivity contribution in [1.82, 2.24) is 19.9 Å². The lowest BCUT2D eigenvalue weighted by Crippen LogP contribution is -2.34. The summed E-state index contributed by atoms with van der Waals surface area (Å²) in [5, 5.41) is 12.6. The van der Waals surface area contributed by atoms with Crippen molar-refractivity contribution in [3.8, 4) is 0 Å². The molecule has 0 radical (unpaired) electrons. The highest BCUT2D eigenvalue weighted by atomic mass is 35.5. The van der Waals surface area contributed by atoms with E-state index in [-0.39, 0.29) is 5.91 Å². The molecule has 0 aliphatic carbocycles. The second kappa shape index (κ2) is 6.64. The van der Waals surface area contributed by atoms with E-state index in [0.29, 0.717) is 40.1 Å². The van der Waals surface area contributed by atoms with Crippen LogP contribution in [0.25, 0.3) is 5.65 Å². The molecule has 0 unspecified atom stereocenters. The van der Waals surface area contributed by atoms with Gasteiger partial charge in [-0.1, -0.05) is 23.2 Å². The highest BCUT2D eigenvalue weighted by Gasteiger charge is 2.27. The Morgan fingerprint density at radius 1 is 1.27 bits per heavy atom. The van der Waals surface area contributed by atoms with Gasteiger partial charge in [-0.25, -0.2) is 4.98 Å². The molecule has 134 valence electrons. The summed E-state index contributed by atoms with van der Waals surface area (Å²) in [5.41, 5.74) is 3.65. The van der Waals surface area contributed by atoms with E-state index in [1.54, 1.807) is 34.5 Å². The number of nitrogens with one attached hydrogen (secondary N) is 2. The Morgan fingerprint density at radius 2 is 2.00 bits per heavy atom. The Morgan fingerprint density at radius 3 is 2.69 bits per heavy atom. The number of aryl methyl sites for hydroxylation is 1.